The molecule has 4 N–H and O–H groups in total. The summed E-state index contributed by atoms with van der Waals surface area (Å²) in [6.45, 7) is 0.999. The van der Waals surface area contributed by atoms with E-state index in [4.69, 9.17) is 14.8 Å². The van der Waals surface area contributed by atoms with Gasteiger partial charge in [-0.2, -0.15) is 13.1 Å². The van der Waals surface area contributed by atoms with E-state index in [0.29, 0.717) is 0 Å². The quantitative estimate of drug-likeness (QED) is 0.421. The van der Waals surface area contributed by atoms with Crippen molar-refractivity contribution in [3.63, 3.8) is 0 Å². The minimum Gasteiger partial charge on any atom is -0.481 e. The van der Waals surface area contributed by atoms with Crippen LogP contribution in [0.3, 0.4) is 0 Å². The first-order chi connectivity index (χ1) is 6.15. The summed E-state index contributed by atoms with van der Waals surface area (Å²) in [5, 5.41) is 16.9. The second-order valence-electron chi connectivity index (χ2n) is 2.54. The summed E-state index contributed by atoms with van der Waals surface area (Å²) in [4.78, 5) is 20.8. The summed E-state index contributed by atoms with van der Waals surface area (Å²) in [5.74, 6) is -4.67. The highest BCUT2D eigenvalue weighted by Crippen LogP contribution is 2.04. The van der Waals surface area contributed by atoms with E-state index in [0.717, 1.165) is 6.92 Å². The van der Waals surface area contributed by atoms with Gasteiger partial charge in [0.1, 0.15) is 6.04 Å². The molecule has 0 aliphatic rings. The van der Waals surface area contributed by atoms with Crippen LogP contribution in [0.5, 0.6) is 0 Å². The number of hydrogen-bond donors (Lipinski definition) is 4. The zero-order chi connectivity index (χ0) is 11.5. The lowest BCUT2D eigenvalue weighted by atomic mass is 10.0. The first-order valence-electron chi connectivity index (χ1n) is 3.35. The molecule has 0 aliphatic heterocycles. The third-order valence-electron chi connectivity index (χ3n) is 1.43. The molecule has 0 aromatic carbocycles. The van der Waals surface area contributed by atoms with Crippen molar-refractivity contribution in [2.24, 2.45) is 5.92 Å². The van der Waals surface area contributed by atoms with Crippen LogP contribution in [0.25, 0.3) is 0 Å². The van der Waals surface area contributed by atoms with Gasteiger partial charge in [0.15, 0.2) is 0 Å². The molecule has 0 saturated heterocycles. The fourth-order valence-electron chi connectivity index (χ4n) is 0.669. The number of nitrogens with one attached hydrogen (secondary N) is 1. The molecule has 14 heavy (non-hydrogen) atoms. The molecule has 0 aromatic heterocycles. The van der Waals surface area contributed by atoms with E-state index in [-0.39, 0.29) is 0 Å². The van der Waals surface area contributed by atoms with Crippen molar-refractivity contribution in [1.82, 2.24) is 4.72 Å². The molecule has 0 aromatic rings. The SMILES string of the molecule is CC(C(=O)O)[C@H](NS(=O)(=O)O)C(=O)O. The van der Waals surface area contributed by atoms with Crippen molar-refractivity contribution >= 4 is 22.2 Å². The van der Waals surface area contributed by atoms with E-state index in [1.54, 1.807) is 0 Å². The van der Waals surface area contributed by atoms with E-state index >= 15 is 0 Å². The van der Waals surface area contributed by atoms with Crippen LogP contribution < -0.4 is 4.72 Å². The molecule has 1 unspecified atom stereocenters. The van der Waals surface area contributed by atoms with E-state index in [9.17, 15) is 18.0 Å². The Morgan fingerprint density at radius 2 is 1.64 bits per heavy atom. The van der Waals surface area contributed by atoms with Gasteiger partial charge in [-0.25, -0.2) is 0 Å². The Labute approximate surface area is 79.4 Å². The Bertz CT molecular complexity index is 334. The first kappa shape index (κ1) is 12.8. The normalized spacial score (nSPS) is 15.9. The number of hydrogen-bond acceptors (Lipinski definition) is 4. The van der Waals surface area contributed by atoms with Gasteiger partial charge < -0.3 is 10.2 Å². The standard InChI is InChI=1S/C5H9NO7S/c1-2(4(7)8)3(5(9)10)6-14(11,12)13/h2-3,6H,1H3,(H,7,8)(H,9,10)(H,11,12,13)/t2?,3-/m0/s1. The maximum Gasteiger partial charge on any atom is 0.334 e. The molecular formula is C5H9NO7S. The third kappa shape index (κ3) is 4.16. The molecule has 0 spiro atoms. The van der Waals surface area contributed by atoms with Gasteiger partial charge in [-0.15, -0.1) is 0 Å². The van der Waals surface area contributed by atoms with Crippen LogP contribution in [0.1, 0.15) is 6.92 Å². The zero-order valence-electron chi connectivity index (χ0n) is 7.04. The van der Waals surface area contributed by atoms with E-state index < -0.39 is 34.2 Å². The van der Waals surface area contributed by atoms with Gasteiger partial charge in [0.25, 0.3) is 0 Å². The van der Waals surface area contributed by atoms with Crippen molar-refractivity contribution in [3.05, 3.63) is 0 Å². The van der Waals surface area contributed by atoms with E-state index in [1.807, 2.05) is 0 Å². The molecule has 0 fully saturated rings. The van der Waals surface area contributed by atoms with Crippen molar-refractivity contribution in [2.45, 2.75) is 13.0 Å². The molecule has 0 radical (unpaired) electrons. The summed E-state index contributed by atoms with van der Waals surface area (Å²) in [7, 11) is -4.74. The fraction of sp³-hybridized carbons (Fsp3) is 0.600. The number of carboxylic acids is 2. The summed E-state index contributed by atoms with van der Waals surface area (Å²) >= 11 is 0. The van der Waals surface area contributed by atoms with Crippen molar-refractivity contribution in [3.8, 4) is 0 Å². The Morgan fingerprint density at radius 3 is 1.86 bits per heavy atom. The Hall–Kier alpha value is -1.19. The number of carbonyl (C=O) groups is 2. The topological polar surface area (TPSA) is 141 Å². The third-order valence-corrected chi connectivity index (χ3v) is 1.98. The van der Waals surface area contributed by atoms with Gasteiger partial charge in [0.05, 0.1) is 5.92 Å². The Kier molecular flexibility index (Phi) is 3.98. The lowest BCUT2D eigenvalue weighted by Gasteiger charge is -2.15. The summed E-state index contributed by atoms with van der Waals surface area (Å²) in [6.07, 6.45) is 0. The maximum atomic E-state index is 10.4. The van der Waals surface area contributed by atoms with E-state index in [2.05, 4.69) is 0 Å². The largest absolute Gasteiger partial charge is 0.481 e. The molecule has 8 nitrogen and oxygen atoms in total. The highest BCUT2D eigenvalue weighted by atomic mass is 32.2. The summed E-state index contributed by atoms with van der Waals surface area (Å²) in [6, 6.07) is -1.90. The smallest absolute Gasteiger partial charge is 0.334 e. The van der Waals surface area contributed by atoms with E-state index in [1.165, 1.54) is 4.72 Å². The van der Waals surface area contributed by atoms with Crippen LogP contribution in [0.4, 0.5) is 0 Å². The molecule has 0 bridgehead atoms. The van der Waals surface area contributed by atoms with Crippen molar-refractivity contribution < 1.29 is 32.8 Å². The minimum absolute atomic E-state index is 0.999. The lowest BCUT2D eigenvalue weighted by Crippen LogP contribution is -2.47. The van der Waals surface area contributed by atoms with Crippen molar-refractivity contribution in [2.75, 3.05) is 0 Å². The van der Waals surface area contributed by atoms with Crippen molar-refractivity contribution in [1.29, 1.82) is 0 Å². The van der Waals surface area contributed by atoms with Crippen LogP contribution in [-0.2, 0) is 19.9 Å². The fourth-order valence-corrected chi connectivity index (χ4v) is 1.30. The summed E-state index contributed by atoms with van der Waals surface area (Å²) in [5.41, 5.74) is 0. The summed E-state index contributed by atoms with van der Waals surface area (Å²) < 4.78 is 30.1. The van der Waals surface area contributed by atoms with Crippen LogP contribution >= 0.6 is 0 Å². The van der Waals surface area contributed by atoms with Gasteiger partial charge in [-0.3, -0.25) is 14.1 Å². The highest BCUT2D eigenvalue weighted by Gasteiger charge is 2.32. The molecular weight excluding hydrogens is 218 g/mol. The number of carboxylic acid groups (broad SMARTS) is 2. The maximum absolute atomic E-state index is 10.4. The molecule has 0 saturated carbocycles. The molecule has 0 amide bonds. The minimum atomic E-state index is -4.74. The Morgan fingerprint density at radius 1 is 1.21 bits per heavy atom. The van der Waals surface area contributed by atoms with Gasteiger partial charge in [0.2, 0.25) is 0 Å². The second-order valence-corrected chi connectivity index (χ2v) is 3.72. The van der Waals surface area contributed by atoms with Crippen LogP contribution in [0, 0.1) is 5.92 Å². The predicted octanol–water partition coefficient (Wildman–Crippen LogP) is -1.45. The average molecular weight is 227 g/mol. The van der Waals surface area contributed by atoms with Gasteiger partial charge in [0, 0.05) is 0 Å². The molecule has 0 rings (SSSR count). The molecule has 0 aliphatic carbocycles. The average Bonchev–Trinajstić information content (AvgIpc) is 1.96. The van der Waals surface area contributed by atoms with Crippen LogP contribution in [0.15, 0.2) is 0 Å². The predicted molar refractivity (Wildman–Crippen MR) is 42.9 cm³/mol. The lowest BCUT2D eigenvalue weighted by molar-refractivity contribution is -0.149. The first-order valence-corrected chi connectivity index (χ1v) is 4.79. The second kappa shape index (κ2) is 4.35. The van der Waals surface area contributed by atoms with Crippen LogP contribution in [0.2, 0.25) is 0 Å². The Balaban J connectivity index is 4.79. The van der Waals surface area contributed by atoms with Crippen LogP contribution in [-0.4, -0.2) is 41.2 Å². The molecule has 9 heteroatoms. The molecule has 0 heterocycles. The number of aliphatic carboxylic acids is 2. The van der Waals surface area contributed by atoms with Gasteiger partial charge >= 0.3 is 22.2 Å². The van der Waals surface area contributed by atoms with Gasteiger partial charge in [-0.1, -0.05) is 0 Å². The monoisotopic (exact) mass is 227 g/mol. The molecule has 82 valence electrons. The zero-order valence-corrected chi connectivity index (χ0v) is 7.85. The molecule has 2 atom stereocenters. The highest BCUT2D eigenvalue weighted by molar-refractivity contribution is 7.83. The van der Waals surface area contributed by atoms with Gasteiger partial charge in [-0.05, 0) is 6.92 Å². The number of rotatable bonds is 5.